The van der Waals surface area contributed by atoms with Gasteiger partial charge in [-0.15, -0.1) is 0 Å². The summed E-state index contributed by atoms with van der Waals surface area (Å²) in [7, 11) is 0. The Balaban J connectivity index is 2.33. The molecule has 2 heterocycles. The molecule has 1 aliphatic heterocycles. The van der Waals surface area contributed by atoms with Crippen molar-refractivity contribution in [2.24, 2.45) is 5.73 Å². The highest BCUT2D eigenvalue weighted by Crippen LogP contribution is 2.31. The van der Waals surface area contributed by atoms with E-state index in [1.165, 1.54) is 0 Å². The number of hydrogen-bond acceptors (Lipinski definition) is 3. The molecule has 0 spiro atoms. The second kappa shape index (κ2) is 3.61. The number of nitrogens with one attached hydrogen (secondary N) is 1. The zero-order chi connectivity index (χ0) is 11.1. The molecule has 84 valence electrons. The summed E-state index contributed by atoms with van der Waals surface area (Å²) in [5, 5.41) is 0. The second-order valence-electron chi connectivity index (χ2n) is 4.73. The van der Waals surface area contributed by atoms with Crippen LogP contribution in [0.5, 0.6) is 0 Å². The standard InChI is InChI=1S/C11H19N3O/c1-7(2)9-8(3)13-10(14-9)11(4-12)5-15-6-11/h7H,4-6,12H2,1-3H3,(H,13,14). The number of imidazole rings is 1. The van der Waals surface area contributed by atoms with Crippen molar-refractivity contribution in [3.63, 3.8) is 0 Å². The van der Waals surface area contributed by atoms with Crippen molar-refractivity contribution < 1.29 is 4.74 Å². The first-order chi connectivity index (χ1) is 7.09. The SMILES string of the molecule is Cc1[nH]c(C2(CN)COC2)nc1C(C)C. The van der Waals surface area contributed by atoms with Crippen LogP contribution in [-0.4, -0.2) is 29.7 Å². The maximum Gasteiger partial charge on any atom is 0.118 e. The van der Waals surface area contributed by atoms with Crippen molar-refractivity contribution in [1.29, 1.82) is 0 Å². The largest absolute Gasteiger partial charge is 0.379 e. The minimum Gasteiger partial charge on any atom is -0.379 e. The van der Waals surface area contributed by atoms with Gasteiger partial charge in [-0.2, -0.15) is 0 Å². The summed E-state index contributed by atoms with van der Waals surface area (Å²) in [6, 6.07) is 0. The molecule has 1 aromatic rings. The van der Waals surface area contributed by atoms with Crippen LogP contribution < -0.4 is 5.73 Å². The van der Waals surface area contributed by atoms with E-state index in [2.05, 4.69) is 30.7 Å². The summed E-state index contributed by atoms with van der Waals surface area (Å²) in [6.45, 7) is 8.34. The number of aryl methyl sites for hydroxylation is 1. The lowest BCUT2D eigenvalue weighted by Gasteiger charge is -2.38. The lowest BCUT2D eigenvalue weighted by Crippen LogP contribution is -2.53. The van der Waals surface area contributed by atoms with Crippen LogP contribution in [-0.2, 0) is 10.2 Å². The summed E-state index contributed by atoms with van der Waals surface area (Å²) in [4.78, 5) is 8.01. The second-order valence-corrected chi connectivity index (χ2v) is 4.73. The Morgan fingerprint density at radius 1 is 1.53 bits per heavy atom. The molecule has 0 bridgehead atoms. The van der Waals surface area contributed by atoms with E-state index < -0.39 is 0 Å². The molecule has 15 heavy (non-hydrogen) atoms. The third kappa shape index (κ3) is 1.58. The first-order valence-electron chi connectivity index (χ1n) is 5.44. The Labute approximate surface area is 90.2 Å². The number of aromatic nitrogens is 2. The minimum absolute atomic E-state index is 0.0576. The fourth-order valence-electron chi connectivity index (χ4n) is 1.99. The van der Waals surface area contributed by atoms with Crippen LogP contribution in [0.1, 0.15) is 37.0 Å². The van der Waals surface area contributed by atoms with E-state index >= 15 is 0 Å². The zero-order valence-corrected chi connectivity index (χ0v) is 9.63. The molecule has 3 N–H and O–H groups in total. The summed E-state index contributed by atoms with van der Waals surface area (Å²) >= 11 is 0. The van der Waals surface area contributed by atoms with Gasteiger partial charge < -0.3 is 15.5 Å². The van der Waals surface area contributed by atoms with Crippen LogP contribution in [0.15, 0.2) is 0 Å². The Morgan fingerprint density at radius 2 is 2.20 bits per heavy atom. The summed E-state index contributed by atoms with van der Waals surface area (Å²) < 4.78 is 5.25. The molecule has 1 aromatic heterocycles. The highest BCUT2D eigenvalue weighted by molar-refractivity contribution is 5.23. The van der Waals surface area contributed by atoms with Crippen molar-refractivity contribution in [3.05, 3.63) is 17.2 Å². The molecule has 0 atom stereocenters. The fourth-order valence-corrected chi connectivity index (χ4v) is 1.99. The van der Waals surface area contributed by atoms with Gasteiger partial charge in [-0.3, -0.25) is 0 Å². The molecule has 1 aliphatic rings. The van der Waals surface area contributed by atoms with Crippen LogP contribution in [0, 0.1) is 6.92 Å². The highest BCUT2D eigenvalue weighted by Gasteiger charge is 2.42. The van der Waals surface area contributed by atoms with E-state index in [4.69, 9.17) is 10.5 Å². The number of nitrogens with zero attached hydrogens (tertiary/aromatic N) is 1. The third-order valence-electron chi connectivity index (χ3n) is 3.12. The van der Waals surface area contributed by atoms with Gasteiger partial charge in [0.25, 0.3) is 0 Å². The summed E-state index contributed by atoms with van der Waals surface area (Å²) in [5.41, 5.74) is 8.03. The monoisotopic (exact) mass is 209 g/mol. The van der Waals surface area contributed by atoms with Crippen molar-refractivity contribution in [1.82, 2.24) is 9.97 Å². The van der Waals surface area contributed by atoms with Gasteiger partial charge in [0.05, 0.1) is 24.3 Å². The van der Waals surface area contributed by atoms with Crippen LogP contribution in [0.25, 0.3) is 0 Å². The Hall–Kier alpha value is -0.870. The number of rotatable bonds is 3. The molecule has 4 heteroatoms. The summed E-state index contributed by atoms with van der Waals surface area (Å²) in [6.07, 6.45) is 0. The smallest absolute Gasteiger partial charge is 0.118 e. The zero-order valence-electron chi connectivity index (χ0n) is 9.63. The molecule has 4 nitrogen and oxygen atoms in total. The average molecular weight is 209 g/mol. The van der Waals surface area contributed by atoms with E-state index in [0.717, 1.165) is 17.2 Å². The Bertz CT molecular complexity index is 347. The lowest BCUT2D eigenvalue weighted by molar-refractivity contribution is -0.0590. The first-order valence-corrected chi connectivity index (χ1v) is 5.44. The summed E-state index contributed by atoms with van der Waals surface area (Å²) in [5.74, 6) is 1.45. The molecule has 0 aliphatic carbocycles. The Morgan fingerprint density at radius 3 is 2.53 bits per heavy atom. The van der Waals surface area contributed by atoms with E-state index in [9.17, 15) is 0 Å². The van der Waals surface area contributed by atoms with Gasteiger partial charge in [-0.25, -0.2) is 4.98 Å². The molecule has 0 unspecified atom stereocenters. The Kier molecular flexibility index (Phi) is 2.56. The number of H-pyrrole nitrogens is 1. The maximum atomic E-state index is 5.80. The molecule has 0 aromatic carbocycles. The van der Waals surface area contributed by atoms with Crippen molar-refractivity contribution >= 4 is 0 Å². The van der Waals surface area contributed by atoms with Gasteiger partial charge >= 0.3 is 0 Å². The predicted octanol–water partition coefficient (Wildman–Crippen LogP) is 1.07. The lowest BCUT2D eigenvalue weighted by atomic mass is 9.85. The topological polar surface area (TPSA) is 63.9 Å². The van der Waals surface area contributed by atoms with E-state index in [1.807, 2.05) is 0 Å². The van der Waals surface area contributed by atoms with E-state index in [1.54, 1.807) is 0 Å². The van der Waals surface area contributed by atoms with Gasteiger partial charge in [0.1, 0.15) is 5.82 Å². The molecule has 1 fully saturated rings. The highest BCUT2D eigenvalue weighted by atomic mass is 16.5. The van der Waals surface area contributed by atoms with Gasteiger partial charge in [-0.1, -0.05) is 13.8 Å². The average Bonchev–Trinajstić information content (AvgIpc) is 2.47. The van der Waals surface area contributed by atoms with Crippen LogP contribution in [0.2, 0.25) is 0 Å². The number of ether oxygens (including phenoxy) is 1. The normalized spacial score (nSPS) is 19.3. The van der Waals surface area contributed by atoms with Crippen LogP contribution >= 0.6 is 0 Å². The van der Waals surface area contributed by atoms with Crippen molar-refractivity contribution in [2.45, 2.75) is 32.1 Å². The van der Waals surface area contributed by atoms with Gasteiger partial charge in [0.15, 0.2) is 0 Å². The van der Waals surface area contributed by atoms with Gasteiger partial charge in [-0.05, 0) is 12.8 Å². The van der Waals surface area contributed by atoms with Gasteiger partial charge in [0, 0.05) is 12.2 Å². The van der Waals surface area contributed by atoms with Gasteiger partial charge in [0.2, 0.25) is 0 Å². The molecule has 0 radical (unpaired) electrons. The molecule has 1 saturated heterocycles. The predicted molar refractivity (Wildman–Crippen MR) is 59.0 cm³/mol. The molecule has 0 saturated carbocycles. The van der Waals surface area contributed by atoms with E-state index in [0.29, 0.717) is 25.7 Å². The third-order valence-corrected chi connectivity index (χ3v) is 3.12. The maximum absolute atomic E-state index is 5.80. The van der Waals surface area contributed by atoms with Crippen molar-refractivity contribution in [2.75, 3.05) is 19.8 Å². The first kappa shape index (κ1) is 10.6. The number of hydrogen-bond donors (Lipinski definition) is 2. The minimum atomic E-state index is -0.0576. The van der Waals surface area contributed by atoms with Crippen molar-refractivity contribution in [3.8, 4) is 0 Å². The number of nitrogens with two attached hydrogens (primary N) is 1. The van der Waals surface area contributed by atoms with Crippen LogP contribution in [0.4, 0.5) is 0 Å². The van der Waals surface area contributed by atoms with Crippen LogP contribution in [0.3, 0.4) is 0 Å². The molecular formula is C11H19N3O. The fraction of sp³-hybridized carbons (Fsp3) is 0.727. The molecule has 2 rings (SSSR count). The molecular weight excluding hydrogens is 190 g/mol. The van der Waals surface area contributed by atoms with E-state index in [-0.39, 0.29) is 5.41 Å². The number of aromatic amines is 1. The quantitative estimate of drug-likeness (QED) is 0.782. The molecule has 0 amide bonds.